The number of hydrogen-bond acceptors (Lipinski definition) is 4. The highest BCUT2D eigenvalue weighted by atomic mass is 16.5. The summed E-state index contributed by atoms with van der Waals surface area (Å²) in [7, 11) is 1.37. The van der Waals surface area contributed by atoms with Gasteiger partial charge in [0.15, 0.2) is 6.04 Å². The van der Waals surface area contributed by atoms with Crippen molar-refractivity contribution in [1.29, 1.82) is 0 Å². The highest BCUT2D eigenvalue weighted by molar-refractivity contribution is 5.83. The smallest absolute Gasteiger partial charge is 0.328 e. The fraction of sp³-hybridized carbons (Fsp3) is 0.750. The zero-order valence-corrected chi connectivity index (χ0v) is 8.32. The third-order valence-corrected chi connectivity index (χ3v) is 1.47. The van der Waals surface area contributed by atoms with Crippen molar-refractivity contribution in [2.75, 3.05) is 13.7 Å². The molecule has 0 aromatic carbocycles. The molecule has 0 radical (unpaired) electrons. The first kappa shape index (κ1) is 12.9. The van der Waals surface area contributed by atoms with Crippen LogP contribution in [0.4, 0.5) is 0 Å². The maximum absolute atomic E-state index is 11.1. The van der Waals surface area contributed by atoms with E-state index in [0.717, 1.165) is 0 Å². The predicted octanol–water partition coefficient (Wildman–Crippen LogP) is -1.06. The fourth-order valence-corrected chi connectivity index (χ4v) is 0.887. The van der Waals surface area contributed by atoms with Crippen LogP contribution in [0, 0.1) is 0 Å². The molecule has 0 aromatic heterocycles. The molecule has 14 heavy (non-hydrogen) atoms. The normalized spacial score (nSPS) is 14.5. The van der Waals surface area contributed by atoms with Gasteiger partial charge in [-0.05, 0) is 6.92 Å². The van der Waals surface area contributed by atoms with E-state index >= 15 is 0 Å². The van der Waals surface area contributed by atoms with Crippen LogP contribution < -0.4 is 11.1 Å². The van der Waals surface area contributed by atoms with Gasteiger partial charge in [0.2, 0.25) is 5.91 Å². The van der Waals surface area contributed by atoms with Gasteiger partial charge in [0.1, 0.15) is 0 Å². The minimum Gasteiger partial charge on any atom is -0.480 e. The third kappa shape index (κ3) is 5.50. The predicted molar refractivity (Wildman–Crippen MR) is 49.7 cm³/mol. The van der Waals surface area contributed by atoms with Crippen LogP contribution in [0.5, 0.6) is 0 Å². The van der Waals surface area contributed by atoms with Crippen LogP contribution in [0.3, 0.4) is 0 Å². The Morgan fingerprint density at radius 2 is 2.14 bits per heavy atom. The lowest BCUT2D eigenvalue weighted by molar-refractivity contribution is -0.143. The van der Waals surface area contributed by atoms with E-state index in [1.807, 2.05) is 0 Å². The molecule has 0 aromatic rings. The largest absolute Gasteiger partial charge is 0.480 e. The molecule has 6 nitrogen and oxygen atoms in total. The molecule has 0 saturated carbocycles. The summed E-state index contributed by atoms with van der Waals surface area (Å²) >= 11 is 0. The van der Waals surface area contributed by atoms with Crippen molar-refractivity contribution in [1.82, 2.24) is 5.32 Å². The number of carbonyl (C=O) groups excluding carboxylic acids is 1. The van der Waals surface area contributed by atoms with E-state index in [9.17, 15) is 9.59 Å². The standard InChI is InChI=1S/C8H16N2O4/c1-5(9)3-7(11)10-6(4-14-2)8(12)13/h5-6H,3-4,9H2,1-2H3,(H,10,11)(H,12,13). The number of nitrogens with one attached hydrogen (secondary N) is 1. The molecule has 6 heteroatoms. The Bertz CT molecular complexity index is 206. The van der Waals surface area contributed by atoms with Gasteiger partial charge in [-0.3, -0.25) is 4.79 Å². The van der Waals surface area contributed by atoms with Gasteiger partial charge >= 0.3 is 5.97 Å². The van der Waals surface area contributed by atoms with E-state index in [0.29, 0.717) is 0 Å². The van der Waals surface area contributed by atoms with Crippen molar-refractivity contribution >= 4 is 11.9 Å². The van der Waals surface area contributed by atoms with Crippen molar-refractivity contribution in [2.24, 2.45) is 5.73 Å². The van der Waals surface area contributed by atoms with E-state index in [2.05, 4.69) is 10.1 Å². The molecular formula is C8H16N2O4. The van der Waals surface area contributed by atoms with Gasteiger partial charge in [-0.15, -0.1) is 0 Å². The van der Waals surface area contributed by atoms with Gasteiger partial charge in [0, 0.05) is 19.6 Å². The lowest BCUT2D eigenvalue weighted by Crippen LogP contribution is -2.45. The summed E-state index contributed by atoms with van der Waals surface area (Å²) < 4.78 is 4.64. The summed E-state index contributed by atoms with van der Waals surface area (Å²) in [5.74, 6) is -1.51. The van der Waals surface area contributed by atoms with Crippen molar-refractivity contribution < 1.29 is 19.4 Å². The van der Waals surface area contributed by atoms with E-state index in [-0.39, 0.29) is 25.0 Å². The SMILES string of the molecule is COCC(NC(=O)CC(C)N)C(=O)O. The van der Waals surface area contributed by atoms with Crippen LogP contribution in [0.25, 0.3) is 0 Å². The summed E-state index contributed by atoms with van der Waals surface area (Å²) in [6, 6.07) is -1.29. The molecule has 0 aliphatic heterocycles. The molecule has 4 N–H and O–H groups in total. The highest BCUT2D eigenvalue weighted by Crippen LogP contribution is 1.90. The average molecular weight is 204 g/mol. The summed E-state index contributed by atoms with van der Waals surface area (Å²) in [5.41, 5.74) is 5.38. The molecule has 0 bridgehead atoms. The van der Waals surface area contributed by atoms with E-state index < -0.39 is 12.0 Å². The second-order valence-electron chi connectivity index (χ2n) is 3.10. The van der Waals surface area contributed by atoms with Crippen molar-refractivity contribution in [3.8, 4) is 0 Å². The van der Waals surface area contributed by atoms with Crippen LogP contribution in [0.1, 0.15) is 13.3 Å². The van der Waals surface area contributed by atoms with Crippen molar-refractivity contribution in [2.45, 2.75) is 25.4 Å². The molecule has 0 aliphatic carbocycles. The molecule has 2 unspecified atom stereocenters. The average Bonchev–Trinajstić information content (AvgIpc) is 2.01. The van der Waals surface area contributed by atoms with Gasteiger partial charge in [-0.1, -0.05) is 0 Å². The minimum absolute atomic E-state index is 0.0555. The summed E-state index contributed by atoms with van der Waals surface area (Å²) in [4.78, 5) is 21.7. The monoisotopic (exact) mass is 204 g/mol. The molecule has 0 rings (SSSR count). The number of rotatable bonds is 6. The maximum Gasteiger partial charge on any atom is 0.328 e. The van der Waals surface area contributed by atoms with Gasteiger partial charge in [0.05, 0.1) is 6.61 Å². The number of aliphatic carboxylic acids is 1. The van der Waals surface area contributed by atoms with Crippen molar-refractivity contribution in [3.63, 3.8) is 0 Å². The summed E-state index contributed by atoms with van der Waals surface area (Å²) in [6.45, 7) is 1.62. The summed E-state index contributed by atoms with van der Waals surface area (Å²) in [6.07, 6.45) is 0.105. The Kier molecular flexibility index (Phi) is 5.82. The minimum atomic E-state index is -1.12. The zero-order valence-electron chi connectivity index (χ0n) is 8.32. The molecular weight excluding hydrogens is 188 g/mol. The molecule has 0 fully saturated rings. The van der Waals surface area contributed by atoms with Crippen LogP contribution >= 0.6 is 0 Å². The quantitative estimate of drug-likeness (QED) is 0.512. The molecule has 2 atom stereocenters. The van der Waals surface area contributed by atoms with Gasteiger partial charge < -0.3 is 20.9 Å². The first-order valence-corrected chi connectivity index (χ1v) is 4.24. The van der Waals surface area contributed by atoms with E-state index in [1.165, 1.54) is 7.11 Å². The molecule has 0 saturated heterocycles. The Hall–Kier alpha value is -1.14. The number of carbonyl (C=O) groups is 2. The first-order valence-electron chi connectivity index (χ1n) is 4.24. The number of carboxylic acid groups (broad SMARTS) is 1. The lowest BCUT2D eigenvalue weighted by Gasteiger charge is -2.14. The van der Waals surface area contributed by atoms with E-state index in [1.54, 1.807) is 6.92 Å². The Balaban J connectivity index is 4.02. The lowest BCUT2D eigenvalue weighted by atomic mass is 10.2. The molecule has 0 heterocycles. The molecule has 82 valence electrons. The van der Waals surface area contributed by atoms with Crippen LogP contribution in [0.2, 0.25) is 0 Å². The number of hydrogen-bond donors (Lipinski definition) is 3. The Labute approximate surface area is 82.4 Å². The Morgan fingerprint density at radius 1 is 1.57 bits per heavy atom. The summed E-state index contributed by atoms with van der Waals surface area (Å²) in [5, 5.41) is 11.0. The van der Waals surface area contributed by atoms with Gasteiger partial charge in [0.25, 0.3) is 0 Å². The molecule has 0 spiro atoms. The second kappa shape index (κ2) is 6.33. The van der Waals surface area contributed by atoms with Crippen LogP contribution in [0.15, 0.2) is 0 Å². The third-order valence-electron chi connectivity index (χ3n) is 1.47. The molecule has 1 amide bonds. The first-order chi connectivity index (χ1) is 6.47. The van der Waals surface area contributed by atoms with Crippen LogP contribution in [-0.4, -0.2) is 42.8 Å². The Morgan fingerprint density at radius 3 is 2.50 bits per heavy atom. The fourth-order valence-electron chi connectivity index (χ4n) is 0.887. The van der Waals surface area contributed by atoms with Crippen molar-refractivity contribution in [3.05, 3.63) is 0 Å². The highest BCUT2D eigenvalue weighted by Gasteiger charge is 2.19. The van der Waals surface area contributed by atoms with E-state index in [4.69, 9.17) is 10.8 Å². The number of ether oxygens (including phenoxy) is 1. The number of nitrogens with two attached hydrogens (primary N) is 1. The number of carboxylic acids is 1. The number of amides is 1. The maximum atomic E-state index is 11.1. The number of methoxy groups -OCH3 is 1. The second-order valence-corrected chi connectivity index (χ2v) is 3.10. The van der Waals surface area contributed by atoms with Gasteiger partial charge in [-0.25, -0.2) is 4.79 Å². The van der Waals surface area contributed by atoms with Gasteiger partial charge in [-0.2, -0.15) is 0 Å². The topological polar surface area (TPSA) is 102 Å². The zero-order chi connectivity index (χ0) is 11.1. The molecule has 0 aliphatic rings. The van der Waals surface area contributed by atoms with Crippen LogP contribution in [-0.2, 0) is 14.3 Å².